The van der Waals surface area contributed by atoms with Crippen molar-refractivity contribution in [2.75, 3.05) is 11.9 Å². The van der Waals surface area contributed by atoms with Gasteiger partial charge in [-0.1, -0.05) is 15.9 Å². The second kappa shape index (κ2) is 11.2. The quantitative estimate of drug-likeness (QED) is 0.341. The van der Waals surface area contributed by atoms with Crippen LogP contribution in [0.5, 0.6) is 5.75 Å². The molecule has 3 atom stereocenters. The minimum absolute atomic E-state index is 0.0385. The number of carbonyl (C=O) groups is 2. The largest absolute Gasteiger partial charge is 0.487 e. The van der Waals surface area contributed by atoms with Crippen LogP contribution in [0.2, 0.25) is 0 Å². The van der Waals surface area contributed by atoms with Crippen LogP contribution >= 0.6 is 15.9 Å². The first-order chi connectivity index (χ1) is 17.6. The van der Waals surface area contributed by atoms with Crippen molar-refractivity contribution in [3.63, 3.8) is 0 Å². The molecule has 2 heterocycles. The van der Waals surface area contributed by atoms with E-state index in [1.54, 1.807) is 20.2 Å². The zero-order valence-corrected chi connectivity index (χ0v) is 22.8. The Labute approximate surface area is 222 Å². The molecule has 37 heavy (non-hydrogen) atoms. The molecular weight excluding hydrogens is 568 g/mol. The van der Waals surface area contributed by atoms with Crippen molar-refractivity contribution in [1.29, 1.82) is 0 Å². The molecule has 1 saturated heterocycles. The molecule has 0 aliphatic carbocycles. The highest BCUT2D eigenvalue weighted by Gasteiger charge is 2.39. The molecular formula is C24H27BrN4O7S. The molecule has 0 saturated carbocycles. The molecule has 0 bridgehead atoms. The fraction of sp³-hybridized carbons (Fsp3) is 0.375. The summed E-state index contributed by atoms with van der Waals surface area (Å²) in [5.41, 5.74) is 2.07. The number of hydrogen-bond acceptors (Lipinski definition) is 8. The Hall–Kier alpha value is -3.00. The van der Waals surface area contributed by atoms with Gasteiger partial charge in [-0.2, -0.15) is 0 Å². The van der Waals surface area contributed by atoms with Crippen LogP contribution in [0.15, 0.2) is 52.1 Å². The third-order valence-electron chi connectivity index (χ3n) is 5.52. The van der Waals surface area contributed by atoms with E-state index in [0.717, 1.165) is 15.5 Å². The Morgan fingerprint density at radius 2 is 2.08 bits per heavy atom. The van der Waals surface area contributed by atoms with E-state index in [4.69, 9.17) is 14.2 Å². The third-order valence-corrected chi connectivity index (χ3v) is 7.54. The van der Waals surface area contributed by atoms with Gasteiger partial charge in [-0.3, -0.25) is 9.59 Å². The minimum Gasteiger partial charge on any atom is -0.487 e. The normalized spacial score (nSPS) is 18.5. The lowest BCUT2D eigenvalue weighted by Gasteiger charge is -2.22. The highest BCUT2D eigenvalue weighted by Crippen LogP contribution is 2.30. The molecule has 1 fully saturated rings. The van der Waals surface area contributed by atoms with Gasteiger partial charge in [0.2, 0.25) is 22.2 Å². The van der Waals surface area contributed by atoms with Gasteiger partial charge in [-0.05, 0) is 44.2 Å². The Morgan fingerprint density at radius 3 is 2.81 bits per heavy atom. The zero-order valence-electron chi connectivity index (χ0n) is 20.4. The standard InChI is InChI=1S/C24H27BrN4O7S/c1-4-34-24-19(11-23(31)36-24)28-37(32,33)22-8-6-17(27-15(3)30)10-21(22)35-14(2)12-29-13-26-18-9-16(25)5-7-20(18)29/h5-10,13-14,19,24,28H,4,11-12H2,1-3H3,(H,27,30)/t14-,19?,24?/m1/s1. The van der Waals surface area contributed by atoms with Gasteiger partial charge in [0.05, 0.1) is 36.4 Å². The molecule has 1 aliphatic rings. The van der Waals surface area contributed by atoms with Gasteiger partial charge in [-0.15, -0.1) is 0 Å². The summed E-state index contributed by atoms with van der Waals surface area (Å²) >= 11 is 3.43. The number of amides is 1. The molecule has 1 aromatic heterocycles. The molecule has 0 radical (unpaired) electrons. The van der Waals surface area contributed by atoms with Crippen LogP contribution in [-0.4, -0.2) is 54.9 Å². The number of anilines is 1. The average Bonchev–Trinajstić information content (AvgIpc) is 3.35. The van der Waals surface area contributed by atoms with Crippen molar-refractivity contribution >= 4 is 54.6 Å². The van der Waals surface area contributed by atoms with E-state index >= 15 is 0 Å². The van der Waals surface area contributed by atoms with Crippen molar-refractivity contribution in [3.8, 4) is 5.75 Å². The van der Waals surface area contributed by atoms with Gasteiger partial charge in [0.1, 0.15) is 16.7 Å². The lowest BCUT2D eigenvalue weighted by atomic mass is 10.2. The summed E-state index contributed by atoms with van der Waals surface area (Å²) in [5, 5.41) is 2.64. The molecule has 13 heteroatoms. The summed E-state index contributed by atoms with van der Waals surface area (Å²) < 4.78 is 48.6. The van der Waals surface area contributed by atoms with Crippen molar-refractivity contribution in [2.45, 2.75) is 57.1 Å². The monoisotopic (exact) mass is 594 g/mol. The molecule has 11 nitrogen and oxygen atoms in total. The van der Waals surface area contributed by atoms with E-state index in [1.165, 1.54) is 25.1 Å². The Kier molecular flexibility index (Phi) is 8.17. The Balaban J connectivity index is 1.60. The molecule has 1 aliphatic heterocycles. The molecule has 2 unspecified atom stereocenters. The van der Waals surface area contributed by atoms with Crippen molar-refractivity contribution in [2.24, 2.45) is 0 Å². The van der Waals surface area contributed by atoms with Crippen LogP contribution in [0.1, 0.15) is 27.2 Å². The SMILES string of the molecule is CCOC1OC(=O)CC1NS(=O)(=O)c1ccc(NC(C)=O)cc1O[C@H](C)Cn1cnc2cc(Br)ccc21. The molecule has 0 spiro atoms. The number of benzene rings is 2. The second-order valence-corrected chi connectivity index (χ2v) is 11.1. The number of carbonyl (C=O) groups excluding carboxylic acids is 2. The van der Waals surface area contributed by atoms with E-state index in [1.807, 2.05) is 22.8 Å². The van der Waals surface area contributed by atoms with Crippen molar-refractivity contribution < 1.29 is 32.2 Å². The minimum atomic E-state index is -4.17. The topological polar surface area (TPSA) is 138 Å². The van der Waals surface area contributed by atoms with Gasteiger partial charge < -0.3 is 24.1 Å². The van der Waals surface area contributed by atoms with E-state index in [2.05, 4.69) is 31.0 Å². The Bertz CT molecular complexity index is 1430. The summed E-state index contributed by atoms with van der Waals surface area (Å²) in [7, 11) is -4.17. The maximum Gasteiger partial charge on any atom is 0.310 e. The van der Waals surface area contributed by atoms with Gasteiger partial charge in [0.25, 0.3) is 0 Å². The summed E-state index contributed by atoms with van der Waals surface area (Å²) in [6.07, 6.45) is 0.0259. The molecule has 1 amide bonds. The van der Waals surface area contributed by atoms with E-state index in [0.29, 0.717) is 12.2 Å². The number of hydrogen-bond donors (Lipinski definition) is 2. The van der Waals surface area contributed by atoms with Gasteiger partial charge in [-0.25, -0.2) is 18.1 Å². The number of imidazole rings is 1. The third kappa shape index (κ3) is 6.47. The maximum atomic E-state index is 13.4. The van der Waals surface area contributed by atoms with E-state index in [9.17, 15) is 18.0 Å². The van der Waals surface area contributed by atoms with Crippen LogP contribution in [0, 0.1) is 0 Å². The molecule has 2 N–H and O–H groups in total. The predicted molar refractivity (Wildman–Crippen MR) is 139 cm³/mol. The fourth-order valence-corrected chi connectivity index (χ4v) is 5.71. The number of cyclic esters (lactones) is 1. The fourth-order valence-electron chi connectivity index (χ4n) is 4.03. The number of nitrogens with zero attached hydrogens (tertiary/aromatic N) is 2. The summed E-state index contributed by atoms with van der Waals surface area (Å²) in [4.78, 5) is 27.6. The van der Waals surface area contributed by atoms with Gasteiger partial charge in [0.15, 0.2) is 0 Å². The number of esters is 1. The lowest BCUT2D eigenvalue weighted by molar-refractivity contribution is -0.163. The molecule has 3 aromatic rings. The molecule has 198 valence electrons. The first kappa shape index (κ1) is 27.0. The highest BCUT2D eigenvalue weighted by atomic mass is 79.9. The second-order valence-electron chi connectivity index (χ2n) is 8.55. The average molecular weight is 595 g/mol. The number of sulfonamides is 1. The first-order valence-electron chi connectivity index (χ1n) is 11.6. The van der Waals surface area contributed by atoms with Gasteiger partial charge in [0, 0.05) is 29.8 Å². The number of rotatable bonds is 10. The smallest absolute Gasteiger partial charge is 0.310 e. The predicted octanol–water partition coefficient (Wildman–Crippen LogP) is 3.18. The van der Waals surface area contributed by atoms with Crippen molar-refractivity contribution in [1.82, 2.24) is 14.3 Å². The van der Waals surface area contributed by atoms with Gasteiger partial charge >= 0.3 is 5.97 Å². The number of fused-ring (bicyclic) bond motifs is 1. The number of aromatic nitrogens is 2. The van der Waals surface area contributed by atoms with Crippen LogP contribution in [0.4, 0.5) is 5.69 Å². The first-order valence-corrected chi connectivity index (χ1v) is 13.9. The van der Waals surface area contributed by atoms with Crippen LogP contribution in [-0.2, 0) is 35.6 Å². The molecule has 4 rings (SSSR count). The summed E-state index contributed by atoms with van der Waals surface area (Å²) in [5.74, 6) is -0.835. The van der Waals surface area contributed by atoms with Crippen LogP contribution < -0.4 is 14.8 Å². The maximum absolute atomic E-state index is 13.4. The van der Waals surface area contributed by atoms with Crippen LogP contribution in [0.25, 0.3) is 11.0 Å². The van der Waals surface area contributed by atoms with Crippen molar-refractivity contribution in [3.05, 3.63) is 47.2 Å². The highest BCUT2D eigenvalue weighted by molar-refractivity contribution is 9.10. The number of nitrogens with one attached hydrogen (secondary N) is 2. The number of halogens is 1. The lowest BCUT2D eigenvalue weighted by Crippen LogP contribution is -2.41. The molecule has 2 aromatic carbocycles. The number of ether oxygens (including phenoxy) is 3. The van der Waals surface area contributed by atoms with E-state index in [-0.39, 0.29) is 29.6 Å². The summed E-state index contributed by atoms with van der Waals surface area (Å²) in [6.45, 7) is 5.49. The Morgan fingerprint density at radius 1 is 1.30 bits per heavy atom. The summed E-state index contributed by atoms with van der Waals surface area (Å²) in [6, 6.07) is 9.10. The zero-order chi connectivity index (χ0) is 26.7. The van der Waals surface area contributed by atoms with Crippen LogP contribution in [0.3, 0.4) is 0 Å². The van der Waals surface area contributed by atoms with E-state index < -0.39 is 34.4 Å².